The summed E-state index contributed by atoms with van der Waals surface area (Å²) in [5.74, 6) is 1.89. The summed E-state index contributed by atoms with van der Waals surface area (Å²) in [6, 6.07) is 30.5. The molecule has 0 unspecified atom stereocenters. The number of rotatable bonds is 10. The van der Waals surface area contributed by atoms with Crippen LogP contribution in [0.4, 0.5) is 5.69 Å². The van der Waals surface area contributed by atoms with Crippen LogP contribution < -0.4 is 16.2 Å². The van der Waals surface area contributed by atoms with Gasteiger partial charge < -0.3 is 21.0 Å². The Hall–Kier alpha value is -3.65. The lowest BCUT2D eigenvalue weighted by molar-refractivity contribution is -0.111. The van der Waals surface area contributed by atoms with Gasteiger partial charge in [-0.3, -0.25) is 0 Å². The number of nitrogens with zero attached hydrogens (tertiary/aromatic N) is 1. The lowest BCUT2D eigenvalue weighted by Gasteiger charge is -2.25. The number of ether oxygens (including phenoxy) is 1. The fourth-order valence-electron chi connectivity index (χ4n) is 5.42. The van der Waals surface area contributed by atoms with Crippen LogP contribution in [-0.4, -0.2) is 30.7 Å². The number of thioether (sulfide) groups is 1. The minimum atomic E-state index is -0.523. The Morgan fingerprint density at radius 3 is 2.24 bits per heavy atom. The van der Waals surface area contributed by atoms with Crippen molar-refractivity contribution in [3.05, 3.63) is 108 Å². The van der Waals surface area contributed by atoms with Crippen LogP contribution in [0.3, 0.4) is 0 Å². The van der Waals surface area contributed by atoms with Gasteiger partial charge in [-0.05, 0) is 84.0 Å². The van der Waals surface area contributed by atoms with Gasteiger partial charge in [-0.1, -0.05) is 78.8 Å². The van der Waals surface area contributed by atoms with Crippen molar-refractivity contribution < 1.29 is 9.53 Å². The van der Waals surface area contributed by atoms with E-state index in [9.17, 15) is 4.79 Å². The molecule has 0 radical (unpaired) electrons. The number of methoxy groups -OCH3 is 1. The molecule has 0 amide bonds. The minimum absolute atomic E-state index is 0.523. The van der Waals surface area contributed by atoms with Crippen molar-refractivity contribution in [1.29, 1.82) is 0 Å². The van der Waals surface area contributed by atoms with Crippen molar-refractivity contribution >= 4 is 45.3 Å². The Kier molecular flexibility index (Phi) is 9.39. The molecule has 5 nitrogen and oxygen atoms in total. The number of nitrogen functional groups attached to an aromatic ring is 1. The molecule has 1 aromatic heterocycles. The second kappa shape index (κ2) is 13.3. The molecule has 1 heterocycles. The number of benzene rings is 4. The molecule has 7 heteroatoms. The quantitative estimate of drug-likeness (QED) is 0.0768. The molecule has 0 atom stereocenters. The highest BCUT2D eigenvalue weighted by atomic mass is 32.2. The summed E-state index contributed by atoms with van der Waals surface area (Å²) in [5.41, 5.74) is 18.5. The number of aldehydes is 1. The zero-order chi connectivity index (χ0) is 28.7. The first-order chi connectivity index (χ1) is 20.1. The number of aromatic nitrogens is 1. The number of hydrogen-bond donors (Lipinski definition) is 2. The maximum Gasteiger partial charge on any atom is 0.151 e. The van der Waals surface area contributed by atoms with Crippen molar-refractivity contribution in [1.82, 2.24) is 4.98 Å². The molecule has 41 heavy (non-hydrogen) atoms. The Morgan fingerprint density at radius 1 is 0.927 bits per heavy atom. The Bertz CT molecular complexity index is 1570. The Balaban J connectivity index is 0.000000259. The first-order valence-electron chi connectivity index (χ1n) is 13.9. The SMILES string of the molecule is COc1ccc(CCN)cc1.Nc1ccc2nc(SCCCCC3(C=O)c4ccccc4-c4ccccc43)sc2c1. The van der Waals surface area contributed by atoms with Gasteiger partial charge >= 0.3 is 0 Å². The van der Waals surface area contributed by atoms with E-state index in [2.05, 4.69) is 41.4 Å². The first kappa shape index (κ1) is 28.9. The zero-order valence-electron chi connectivity index (χ0n) is 23.2. The summed E-state index contributed by atoms with van der Waals surface area (Å²) >= 11 is 3.49. The van der Waals surface area contributed by atoms with Crippen LogP contribution in [0, 0.1) is 0 Å². The Labute approximate surface area is 250 Å². The van der Waals surface area contributed by atoms with E-state index in [-0.39, 0.29) is 0 Å². The molecule has 6 rings (SSSR count). The molecule has 0 fully saturated rings. The van der Waals surface area contributed by atoms with E-state index in [4.69, 9.17) is 16.2 Å². The molecule has 1 aliphatic carbocycles. The smallest absolute Gasteiger partial charge is 0.151 e. The van der Waals surface area contributed by atoms with Crippen LogP contribution in [0.25, 0.3) is 21.3 Å². The fourth-order valence-corrected chi connectivity index (χ4v) is 7.61. The summed E-state index contributed by atoms with van der Waals surface area (Å²) in [6.07, 6.45) is 4.98. The predicted molar refractivity (Wildman–Crippen MR) is 173 cm³/mol. The molecule has 0 saturated carbocycles. The van der Waals surface area contributed by atoms with Crippen molar-refractivity contribution in [3.63, 3.8) is 0 Å². The average Bonchev–Trinajstić information content (AvgIpc) is 3.54. The highest BCUT2D eigenvalue weighted by Crippen LogP contribution is 2.50. The molecule has 0 bridgehead atoms. The highest BCUT2D eigenvalue weighted by molar-refractivity contribution is 8.01. The van der Waals surface area contributed by atoms with E-state index < -0.39 is 5.41 Å². The van der Waals surface area contributed by atoms with Crippen LogP contribution >= 0.6 is 23.1 Å². The van der Waals surface area contributed by atoms with E-state index in [1.54, 1.807) is 30.2 Å². The van der Waals surface area contributed by atoms with Gasteiger partial charge in [-0.25, -0.2) is 4.98 Å². The number of fused-ring (bicyclic) bond motifs is 4. The molecule has 1 aliphatic rings. The number of carbonyl (C=O) groups excluding carboxylic acids is 1. The molecule has 210 valence electrons. The number of anilines is 1. The van der Waals surface area contributed by atoms with Crippen LogP contribution in [0.5, 0.6) is 5.75 Å². The van der Waals surface area contributed by atoms with Crippen molar-refractivity contribution in [2.75, 3.05) is 25.1 Å². The van der Waals surface area contributed by atoms with Crippen molar-refractivity contribution in [2.45, 2.75) is 35.4 Å². The second-order valence-corrected chi connectivity index (χ2v) is 12.5. The number of thiazole rings is 1. The van der Waals surface area contributed by atoms with Crippen molar-refractivity contribution in [3.8, 4) is 16.9 Å². The largest absolute Gasteiger partial charge is 0.497 e. The number of hydrogen-bond acceptors (Lipinski definition) is 7. The van der Waals surface area contributed by atoms with Gasteiger partial charge in [0.05, 0.1) is 22.7 Å². The maximum absolute atomic E-state index is 12.4. The van der Waals surface area contributed by atoms with Gasteiger partial charge in [0.15, 0.2) is 4.34 Å². The second-order valence-electron chi connectivity index (χ2n) is 10.1. The summed E-state index contributed by atoms with van der Waals surface area (Å²) < 4.78 is 7.23. The molecule has 0 saturated heterocycles. The standard InChI is InChI=1S/C25H22N2OS2.C9H13NO/c26-17-11-12-22-23(15-17)30-24(27-22)29-14-6-5-13-25(16-28)20-9-3-1-7-18(20)19-8-2-4-10-21(19)25;1-11-9-4-2-8(3-5-9)6-7-10/h1-4,7-12,15-16H,5-6,13-14,26H2;2-5H,6-7,10H2,1H3. The van der Waals surface area contributed by atoms with E-state index >= 15 is 0 Å². The van der Waals surface area contributed by atoms with Crippen LogP contribution in [0.2, 0.25) is 0 Å². The normalized spacial score (nSPS) is 12.7. The van der Waals surface area contributed by atoms with E-state index in [1.165, 1.54) is 23.0 Å². The van der Waals surface area contributed by atoms with Gasteiger partial charge in [0, 0.05) is 11.4 Å². The highest BCUT2D eigenvalue weighted by Gasteiger charge is 2.42. The third kappa shape index (κ3) is 6.32. The predicted octanol–water partition coefficient (Wildman–Crippen LogP) is 7.50. The fraction of sp³-hybridized carbons (Fsp3) is 0.235. The zero-order valence-corrected chi connectivity index (χ0v) is 24.8. The van der Waals surface area contributed by atoms with Gasteiger partial charge in [0.25, 0.3) is 0 Å². The van der Waals surface area contributed by atoms with Gasteiger partial charge in [0.2, 0.25) is 0 Å². The maximum atomic E-state index is 12.4. The summed E-state index contributed by atoms with van der Waals surface area (Å²) in [5, 5.41) is 0. The number of unbranched alkanes of at least 4 members (excludes halogenated alkanes) is 1. The third-order valence-electron chi connectivity index (χ3n) is 7.48. The summed E-state index contributed by atoms with van der Waals surface area (Å²) in [4.78, 5) is 17.1. The van der Waals surface area contributed by atoms with Gasteiger partial charge in [-0.2, -0.15) is 0 Å². The molecule has 4 aromatic carbocycles. The number of carbonyl (C=O) groups is 1. The van der Waals surface area contributed by atoms with Crippen LogP contribution in [0.15, 0.2) is 95.3 Å². The van der Waals surface area contributed by atoms with E-state index in [1.807, 2.05) is 54.6 Å². The van der Waals surface area contributed by atoms with E-state index in [0.717, 1.165) is 68.6 Å². The Morgan fingerprint density at radius 2 is 1.61 bits per heavy atom. The average molecular weight is 582 g/mol. The number of nitrogens with two attached hydrogens (primary N) is 2. The lowest BCUT2D eigenvalue weighted by Crippen LogP contribution is -2.27. The summed E-state index contributed by atoms with van der Waals surface area (Å²) in [7, 11) is 1.66. The lowest BCUT2D eigenvalue weighted by atomic mass is 9.75. The molecule has 5 aromatic rings. The monoisotopic (exact) mass is 581 g/mol. The van der Waals surface area contributed by atoms with E-state index in [0.29, 0.717) is 6.54 Å². The van der Waals surface area contributed by atoms with Crippen molar-refractivity contribution in [2.24, 2.45) is 5.73 Å². The topological polar surface area (TPSA) is 91.2 Å². The summed E-state index contributed by atoms with van der Waals surface area (Å²) in [6.45, 7) is 0.701. The minimum Gasteiger partial charge on any atom is -0.497 e. The third-order valence-corrected chi connectivity index (χ3v) is 9.73. The van der Waals surface area contributed by atoms with Gasteiger partial charge in [-0.15, -0.1) is 11.3 Å². The van der Waals surface area contributed by atoms with Crippen LogP contribution in [-0.2, 0) is 16.6 Å². The molecule has 0 spiro atoms. The molecular formula is C34H35N3O2S2. The van der Waals surface area contributed by atoms with Crippen LogP contribution in [0.1, 0.15) is 36.0 Å². The first-order valence-corrected chi connectivity index (χ1v) is 15.7. The molecule has 0 aliphatic heterocycles. The molecule has 4 N–H and O–H groups in total. The van der Waals surface area contributed by atoms with Gasteiger partial charge in [0.1, 0.15) is 12.0 Å². The molecular weight excluding hydrogens is 547 g/mol.